The summed E-state index contributed by atoms with van der Waals surface area (Å²) < 4.78 is 5.15. The van der Waals surface area contributed by atoms with E-state index in [1.54, 1.807) is 37.6 Å². The number of hydrogen-bond donors (Lipinski definition) is 2. The van der Waals surface area contributed by atoms with Crippen LogP contribution in [0.4, 0.5) is 17.5 Å². The van der Waals surface area contributed by atoms with Gasteiger partial charge in [0.05, 0.1) is 24.9 Å². The van der Waals surface area contributed by atoms with Crippen molar-refractivity contribution in [2.45, 2.75) is 6.42 Å². The Morgan fingerprint density at radius 2 is 1.85 bits per heavy atom. The lowest BCUT2D eigenvalue weighted by Crippen LogP contribution is -2.08. The summed E-state index contributed by atoms with van der Waals surface area (Å²) in [6, 6.07) is 17.1. The van der Waals surface area contributed by atoms with Crippen LogP contribution >= 0.6 is 0 Å². The van der Waals surface area contributed by atoms with E-state index in [0.717, 1.165) is 24.4 Å². The molecule has 0 atom stereocenters. The first-order chi connectivity index (χ1) is 12.8. The average Bonchev–Trinajstić information content (AvgIpc) is 2.69. The van der Waals surface area contributed by atoms with E-state index >= 15 is 0 Å². The predicted molar refractivity (Wildman–Crippen MR) is 99.5 cm³/mol. The Bertz CT molecular complexity index is 887. The second-order valence-electron chi connectivity index (χ2n) is 5.50. The van der Waals surface area contributed by atoms with Crippen LogP contribution in [-0.2, 0) is 6.42 Å². The molecule has 1 heterocycles. The van der Waals surface area contributed by atoms with Gasteiger partial charge in [-0.15, -0.1) is 5.10 Å². The molecule has 130 valence electrons. The fraction of sp³-hybridized carbons (Fsp3) is 0.158. The number of rotatable bonds is 7. The molecule has 0 unspecified atom stereocenters. The molecule has 0 saturated heterocycles. The quantitative estimate of drug-likeness (QED) is 0.678. The summed E-state index contributed by atoms with van der Waals surface area (Å²) in [6.07, 6.45) is 2.43. The highest BCUT2D eigenvalue weighted by Gasteiger charge is 2.02. The zero-order valence-electron chi connectivity index (χ0n) is 14.3. The summed E-state index contributed by atoms with van der Waals surface area (Å²) in [5.41, 5.74) is 2.60. The van der Waals surface area contributed by atoms with E-state index < -0.39 is 0 Å². The second kappa shape index (κ2) is 8.44. The molecule has 7 heteroatoms. The van der Waals surface area contributed by atoms with Gasteiger partial charge in [-0.2, -0.15) is 15.3 Å². The van der Waals surface area contributed by atoms with Crippen LogP contribution in [0.2, 0.25) is 0 Å². The largest absolute Gasteiger partial charge is 0.497 e. The number of benzene rings is 2. The number of anilines is 3. The normalized spacial score (nSPS) is 10.0. The lowest BCUT2D eigenvalue weighted by atomic mass is 10.1. The Morgan fingerprint density at radius 1 is 1.08 bits per heavy atom. The maximum atomic E-state index is 8.83. The second-order valence-corrected chi connectivity index (χ2v) is 5.50. The summed E-state index contributed by atoms with van der Waals surface area (Å²) in [7, 11) is 1.65. The van der Waals surface area contributed by atoms with Crippen molar-refractivity contribution in [1.29, 1.82) is 5.26 Å². The molecular weight excluding hydrogens is 328 g/mol. The molecule has 0 saturated carbocycles. The van der Waals surface area contributed by atoms with E-state index in [2.05, 4.69) is 31.9 Å². The van der Waals surface area contributed by atoms with Gasteiger partial charge in [0.25, 0.3) is 0 Å². The topological polar surface area (TPSA) is 95.8 Å². The molecule has 1 aromatic heterocycles. The van der Waals surface area contributed by atoms with E-state index in [9.17, 15) is 0 Å². The molecule has 0 aliphatic heterocycles. The van der Waals surface area contributed by atoms with E-state index in [1.807, 2.05) is 24.3 Å². The smallest absolute Gasteiger partial charge is 0.249 e. The number of aromatic nitrogens is 3. The van der Waals surface area contributed by atoms with Gasteiger partial charge < -0.3 is 15.4 Å². The summed E-state index contributed by atoms with van der Waals surface area (Å²) in [6.45, 7) is 0.724. The van der Waals surface area contributed by atoms with Gasteiger partial charge in [0.2, 0.25) is 5.95 Å². The maximum absolute atomic E-state index is 8.83. The SMILES string of the molecule is COc1ccc(CCNc2cnnc(Nc3ccc(C#N)cc3)n2)cc1. The fourth-order valence-corrected chi connectivity index (χ4v) is 2.33. The number of ether oxygens (including phenoxy) is 1. The Balaban J connectivity index is 1.55. The summed E-state index contributed by atoms with van der Waals surface area (Å²) in [4.78, 5) is 4.39. The summed E-state index contributed by atoms with van der Waals surface area (Å²) in [5.74, 6) is 1.88. The van der Waals surface area contributed by atoms with Gasteiger partial charge in [-0.05, 0) is 48.4 Å². The molecule has 26 heavy (non-hydrogen) atoms. The van der Waals surface area contributed by atoms with Crippen molar-refractivity contribution in [2.75, 3.05) is 24.3 Å². The van der Waals surface area contributed by atoms with Gasteiger partial charge in [0.15, 0.2) is 5.82 Å². The zero-order chi connectivity index (χ0) is 18.2. The van der Waals surface area contributed by atoms with Crippen molar-refractivity contribution in [2.24, 2.45) is 0 Å². The number of hydrogen-bond acceptors (Lipinski definition) is 7. The van der Waals surface area contributed by atoms with E-state index in [1.165, 1.54) is 5.56 Å². The van der Waals surface area contributed by atoms with Crippen LogP contribution in [0.1, 0.15) is 11.1 Å². The van der Waals surface area contributed by atoms with Gasteiger partial charge in [-0.25, -0.2) is 0 Å². The van der Waals surface area contributed by atoms with Crippen molar-refractivity contribution >= 4 is 17.5 Å². The third-order valence-electron chi connectivity index (χ3n) is 3.71. The van der Waals surface area contributed by atoms with E-state index in [-0.39, 0.29) is 0 Å². The Hall–Kier alpha value is -3.66. The first-order valence-electron chi connectivity index (χ1n) is 8.10. The first-order valence-corrected chi connectivity index (χ1v) is 8.10. The molecular formula is C19H18N6O. The van der Waals surface area contributed by atoms with E-state index in [4.69, 9.17) is 10.00 Å². The molecule has 0 bridgehead atoms. The Labute approximate surface area is 151 Å². The molecule has 0 fully saturated rings. The van der Waals surface area contributed by atoms with Crippen molar-refractivity contribution in [3.8, 4) is 11.8 Å². The van der Waals surface area contributed by atoms with Crippen LogP contribution in [0.15, 0.2) is 54.7 Å². The molecule has 2 N–H and O–H groups in total. The molecule has 7 nitrogen and oxygen atoms in total. The van der Waals surface area contributed by atoms with Crippen LogP contribution in [0.3, 0.4) is 0 Å². The molecule has 0 aliphatic carbocycles. The molecule has 0 aliphatic rings. The predicted octanol–water partition coefficient (Wildman–Crippen LogP) is 3.15. The monoisotopic (exact) mass is 346 g/mol. The van der Waals surface area contributed by atoms with Crippen LogP contribution in [-0.4, -0.2) is 28.8 Å². The molecule has 3 rings (SSSR count). The minimum atomic E-state index is 0.393. The highest BCUT2D eigenvalue weighted by atomic mass is 16.5. The van der Waals surface area contributed by atoms with Crippen molar-refractivity contribution < 1.29 is 4.74 Å². The third kappa shape index (κ3) is 4.68. The lowest BCUT2D eigenvalue weighted by molar-refractivity contribution is 0.414. The van der Waals surface area contributed by atoms with Crippen LogP contribution in [0.25, 0.3) is 0 Å². The van der Waals surface area contributed by atoms with Gasteiger partial charge in [-0.3, -0.25) is 0 Å². The molecule has 0 radical (unpaired) electrons. The number of nitrogens with zero attached hydrogens (tertiary/aromatic N) is 4. The van der Waals surface area contributed by atoms with Crippen LogP contribution in [0, 0.1) is 11.3 Å². The average molecular weight is 346 g/mol. The third-order valence-corrected chi connectivity index (χ3v) is 3.71. The fourth-order valence-electron chi connectivity index (χ4n) is 2.33. The maximum Gasteiger partial charge on any atom is 0.249 e. The minimum Gasteiger partial charge on any atom is -0.497 e. The standard InChI is InChI=1S/C19H18N6O/c1-26-17-8-4-14(5-9-17)10-11-21-18-13-22-25-19(24-18)23-16-6-2-15(12-20)3-7-16/h2-9,13H,10-11H2,1H3,(H2,21,23,24,25). The highest BCUT2D eigenvalue weighted by Crippen LogP contribution is 2.15. The van der Waals surface area contributed by atoms with E-state index in [0.29, 0.717) is 17.3 Å². The molecule has 2 aromatic carbocycles. The summed E-state index contributed by atoms with van der Waals surface area (Å²) in [5, 5.41) is 23.1. The van der Waals surface area contributed by atoms with Gasteiger partial charge in [0, 0.05) is 12.2 Å². The Kier molecular flexibility index (Phi) is 5.58. The molecule has 0 spiro atoms. The van der Waals surface area contributed by atoms with Gasteiger partial charge in [0.1, 0.15) is 5.75 Å². The van der Waals surface area contributed by atoms with Crippen LogP contribution < -0.4 is 15.4 Å². The zero-order valence-corrected chi connectivity index (χ0v) is 14.3. The summed E-state index contributed by atoms with van der Waals surface area (Å²) >= 11 is 0. The number of nitriles is 1. The van der Waals surface area contributed by atoms with Crippen molar-refractivity contribution in [3.05, 3.63) is 65.9 Å². The molecule has 0 amide bonds. The lowest BCUT2D eigenvalue weighted by Gasteiger charge is -2.08. The van der Waals surface area contributed by atoms with Gasteiger partial charge in [-0.1, -0.05) is 12.1 Å². The van der Waals surface area contributed by atoms with Gasteiger partial charge >= 0.3 is 0 Å². The number of nitrogens with one attached hydrogen (secondary N) is 2. The number of methoxy groups -OCH3 is 1. The Morgan fingerprint density at radius 3 is 2.54 bits per heavy atom. The van der Waals surface area contributed by atoms with Crippen molar-refractivity contribution in [1.82, 2.24) is 15.2 Å². The first kappa shape index (κ1) is 17.2. The van der Waals surface area contributed by atoms with Crippen LogP contribution in [0.5, 0.6) is 5.75 Å². The minimum absolute atomic E-state index is 0.393. The highest BCUT2D eigenvalue weighted by molar-refractivity contribution is 5.55. The van der Waals surface area contributed by atoms with Crippen molar-refractivity contribution in [3.63, 3.8) is 0 Å². The molecule has 3 aromatic rings.